The molecular formula is C25H32N8O. The molecule has 0 aliphatic carbocycles. The summed E-state index contributed by atoms with van der Waals surface area (Å²) in [5, 5.41) is 4.89. The normalized spacial score (nSPS) is 24.8. The number of nitrogens with zero attached hydrogens (tertiary/aromatic N) is 5. The minimum atomic E-state index is -0.207. The van der Waals surface area contributed by atoms with Gasteiger partial charge in [-0.15, -0.1) is 0 Å². The molecule has 9 nitrogen and oxygen atoms in total. The van der Waals surface area contributed by atoms with Gasteiger partial charge in [0.2, 0.25) is 5.91 Å². The van der Waals surface area contributed by atoms with Crippen molar-refractivity contribution in [3.8, 4) is 0 Å². The molecule has 3 atom stereocenters. The van der Waals surface area contributed by atoms with Crippen molar-refractivity contribution in [2.45, 2.75) is 50.6 Å². The largest absolute Gasteiger partial charge is 0.355 e. The number of fused-ring (bicyclic) bond motifs is 2. The lowest BCUT2D eigenvalue weighted by Gasteiger charge is -2.38. The summed E-state index contributed by atoms with van der Waals surface area (Å²) in [7, 11) is 0. The monoisotopic (exact) mass is 460 g/mol. The first-order chi connectivity index (χ1) is 16.6. The lowest BCUT2D eigenvalue weighted by molar-refractivity contribution is -0.136. The molecule has 4 N–H and O–H groups in total. The average molecular weight is 461 g/mol. The van der Waals surface area contributed by atoms with Gasteiger partial charge in [-0.25, -0.2) is 14.9 Å². The molecule has 2 saturated heterocycles. The van der Waals surface area contributed by atoms with Crippen molar-refractivity contribution in [1.29, 1.82) is 0 Å². The van der Waals surface area contributed by atoms with E-state index < -0.39 is 0 Å². The molecule has 1 aromatic carbocycles. The van der Waals surface area contributed by atoms with Crippen LogP contribution in [0.5, 0.6) is 0 Å². The number of hydrogen-bond donors (Lipinski definition) is 3. The van der Waals surface area contributed by atoms with Crippen LogP contribution in [-0.2, 0) is 4.79 Å². The van der Waals surface area contributed by atoms with Crippen molar-refractivity contribution in [2.75, 3.05) is 36.5 Å². The second kappa shape index (κ2) is 8.56. The Morgan fingerprint density at radius 1 is 1.18 bits per heavy atom. The van der Waals surface area contributed by atoms with E-state index in [0.717, 1.165) is 79.3 Å². The first-order valence-electron chi connectivity index (χ1n) is 12.3. The van der Waals surface area contributed by atoms with E-state index in [0.29, 0.717) is 6.54 Å². The van der Waals surface area contributed by atoms with E-state index in [-0.39, 0.29) is 23.9 Å². The highest BCUT2D eigenvalue weighted by Crippen LogP contribution is 2.36. The van der Waals surface area contributed by atoms with Gasteiger partial charge < -0.3 is 21.0 Å². The Labute approximate surface area is 199 Å². The van der Waals surface area contributed by atoms with Gasteiger partial charge >= 0.3 is 0 Å². The summed E-state index contributed by atoms with van der Waals surface area (Å²) in [6, 6.07) is 10.3. The van der Waals surface area contributed by atoms with Crippen molar-refractivity contribution in [3.63, 3.8) is 0 Å². The van der Waals surface area contributed by atoms with Crippen LogP contribution in [0.1, 0.15) is 54.5 Å². The van der Waals surface area contributed by atoms with Crippen LogP contribution in [0, 0.1) is 6.92 Å². The minimum Gasteiger partial charge on any atom is -0.355 e. The number of rotatable bonds is 3. The van der Waals surface area contributed by atoms with E-state index in [9.17, 15) is 4.79 Å². The number of benzene rings is 1. The minimum absolute atomic E-state index is 0.0334. The van der Waals surface area contributed by atoms with Gasteiger partial charge in [0.1, 0.15) is 5.82 Å². The third-order valence-electron chi connectivity index (χ3n) is 7.44. The van der Waals surface area contributed by atoms with Crippen LogP contribution < -0.4 is 21.5 Å². The van der Waals surface area contributed by atoms with Crippen LogP contribution in [-0.4, -0.2) is 57.6 Å². The second-order valence-corrected chi connectivity index (χ2v) is 9.80. The highest BCUT2D eigenvalue weighted by atomic mass is 16.2. The number of para-hydroxylation sites is 1. The predicted octanol–water partition coefficient (Wildman–Crippen LogP) is 2.34. The number of hydrazine groups is 1. The molecule has 3 aliphatic rings. The van der Waals surface area contributed by atoms with Gasteiger partial charge in [0.05, 0.1) is 23.3 Å². The second-order valence-electron chi connectivity index (χ2n) is 9.80. The van der Waals surface area contributed by atoms with Crippen molar-refractivity contribution >= 4 is 23.1 Å². The fourth-order valence-corrected chi connectivity index (χ4v) is 5.68. The number of anilines is 2. The maximum absolute atomic E-state index is 13.8. The molecule has 0 spiro atoms. The molecule has 3 aliphatic heterocycles. The van der Waals surface area contributed by atoms with Gasteiger partial charge in [0.15, 0.2) is 5.65 Å². The summed E-state index contributed by atoms with van der Waals surface area (Å²) in [6.45, 7) is 5.18. The van der Waals surface area contributed by atoms with Gasteiger partial charge in [0, 0.05) is 50.0 Å². The van der Waals surface area contributed by atoms with Crippen LogP contribution in [0.2, 0.25) is 0 Å². The summed E-state index contributed by atoms with van der Waals surface area (Å²) in [6.07, 6.45) is 6.07. The lowest BCUT2D eigenvalue weighted by Crippen LogP contribution is -2.46. The molecular weight excluding hydrogens is 428 g/mol. The van der Waals surface area contributed by atoms with Crippen molar-refractivity contribution < 1.29 is 4.79 Å². The van der Waals surface area contributed by atoms with E-state index in [1.54, 1.807) is 0 Å². The van der Waals surface area contributed by atoms with Crippen molar-refractivity contribution in [3.05, 3.63) is 53.3 Å². The highest BCUT2D eigenvalue weighted by Gasteiger charge is 2.36. The number of piperidine rings is 1. The molecule has 2 aromatic heterocycles. The SMILES string of the molecule is Cc1cn2nc([C@@H]3CCCCN3C(=O)C3CNNc4ccccc43)cc2nc1N1CC[C@H](N)C1. The molecule has 34 heavy (non-hydrogen) atoms. The zero-order valence-electron chi connectivity index (χ0n) is 19.6. The number of carbonyl (C=O) groups excluding carboxylic acids is 1. The summed E-state index contributed by atoms with van der Waals surface area (Å²) in [5.74, 6) is 0.946. The molecule has 1 amide bonds. The number of hydrogen-bond acceptors (Lipinski definition) is 7. The van der Waals surface area contributed by atoms with E-state index in [1.807, 2.05) is 39.9 Å². The third kappa shape index (κ3) is 3.69. The van der Waals surface area contributed by atoms with E-state index >= 15 is 0 Å². The van der Waals surface area contributed by atoms with Crippen molar-refractivity contribution in [2.24, 2.45) is 5.73 Å². The maximum atomic E-state index is 13.8. The van der Waals surface area contributed by atoms with E-state index in [4.69, 9.17) is 15.8 Å². The van der Waals surface area contributed by atoms with Crippen molar-refractivity contribution in [1.82, 2.24) is 24.9 Å². The van der Waals surface area contributed by atoms with Gasteiger partial charge in [0.25, 0.3) is 0 Å². The standard InChI is InChI=1S/C25H32N8O/c1-16-14-33-23(28-24(16)31-11-9-17(26)15-31)12-21(30-33)22-8-4-5-10-32(22)25(34)19-13-27-29-20-7-3-2-6-18(19)20/h2-3,6-7,12,14,17,19,22,27,29H,4-5,8-11,13,15,26H2,1H3/t17-,19?,22-/m0/s1. The highest BCUT2D eigenvalue weighted by molar-refractivity contribution is 5.87. The Morgan fingerprint density at radius 2 is 2.06 bits per heavy atom. The molecule has 0 saturated carbocycles. The maximum Gasteiger partial charge on any atom is 0.232 e. The molecule has 0 radical (unpaired) electrons. The molecule has 9 heteroatoms. The van der Waals surface area contributed by atoms with E-state index in [2.05, 4.69) is 28.7 Å². The molecule has 2 fully saturated rings. The summed E-state index contributed by atoms with van der Waals surface area (Å²) in [4.78, 5) is 23.1. The molecule has 3 aromatic rings. The van der Waals surface area contributed by atoms with Gasteiger partial charge in [-0.3, -0.25) is 4.79 Å². The van der Waals surface area contributed by atoms with E-state index in [1.165, 1.54) is 0 Å². The van der Waals surface area contributed by atoms with Gasteiger partial charge in [-0.1, -0.05) is 18.2 Å². The molecule has 0 bridgehead atoms. The van der Waals surface area contributed by atoms with Crippen LogP contribution in [0.15, 0.2) is 36.5 Å². The Hall–Kier alpha value is -3.17. The first-order valence-corrected chi connectivity index (χ1v) is 12.3. The number of aryl methyl sites for hydroxylation is 1. The number of aromatic nitrogens is 3. The predicted molar refractivity (Wildman–Crippen MR) is 132 cm³/mol. The number of likely N-dealkylation sites (tertiary alicyclic amines) is 1. The van der Waals surface area contributed by atoms with Crippen LogP contribution >= 0.6 is 0 Å². The molecule has 5 heterocycles. The van der Waals surface area contributed by atoms with Gasteiger partial charge in [-0.2, -0.15) is 5.10 Å². The average Bonchev–Trinajstić information content (AvgIpc) is 3.48. The van der Waals surface area contributed by atoms with Crippen LogP contribution in [0.3, 0.4) is 0 Å². The molecule has 6 rings (SSSR count). The molecule has 1 unspecified atom stereocenters. The smallest absolute Gasteiger partial charge is 0.232 e. The fraction of sp³-hybridized carbons (Fsp3) is 0.480. The summed E-state index contributed by atoms with van der Waals surface area (Å²) < 4.78 is 1.86. The topological polar surface area (TPSA) is 104 Å². The zero-order valence-corrected chi connectivity index (χ0v) is 19.6. The first kappa shape index (κ1) is 21.4. The Morgan fingerprint density at radius 3 is 2.91 bits per heavy atom. The zero-order chi connectivity index (χ0) is 23.2. The Bertz CT molecular complexity index is 1220. The van der Waals surface area contributed by atoms with Crippen LogP contribution in [0.25, 0.3) is 5.65 Å². The third-order valence-corrected chi connectivity index (χ3v) is 7.44. The number of nitrogens with one attached hydrogen (secondary N) is 2. The Balaban J connectivity index is 1.31. The quantitative estimate of drug-likeness (QED) is 0.551. The number of amides is 1. The number of nitrogens with two attached hydrogens (primary N) is 1. The van der Waals surface area contributed by atoms with Gasteiger partial charge in [-0.05, 0) is 44.2 Å². The summed E-state index contributed by atoms with van der Waals surface area (Å²) >= 11 is 0. The lowest BCUT2D eigenvalue weighted by atomic mass is 9.91. The summed E-state index contributed by atoms with van der Waals surface area (Å²) in [5.41, 5.74) is 17.4. The Kier molecular flexibility index (Phi) is 5.38. The number of carbonyl (C=O) groups is 1. The van der Waals surface area contributed by atoms with Crippen LogP contribution in [0.4, 0.5) is 11.5 Å². The fourth-order valence-electron chi connectivity index (χ4n) is 5.68. The molecule has 178 valence electrons.